The summed E-state index contributed by atoms with van der Waals surface area (Å²) in [5.74, 6) is 0.754. The third-order valence-electron chi connectivity index (χ3n) is 3.15. The number of rotatable bonds is 7. The molecule has 0 bridgehead atoms. The maximum absolute atomic E-state index is 12.4. The van der Waals surface area contributed by atoms with Gasteiger partial charge in [-0.05, 0) is 11.3 Å². The summed E-state index contributed by atoms with van der Waals surface area (Å²) in [5.41, 5.74) is 1.16. The molecule has 3 aromatic rings. The SMILES string of the molecule is CCSc1nnc(NC(=O)c2nc(NCc3ccccc3)ncc2Cl)s1. The molecule has 3 rings (SSSR count). The van der Waals surface area contributed by atoms with Crippen LogP contribution in [0.25, 0.3) is 0 Å². The van der Waals surface area contributed by atoms with E-state index in [0.717, 1.165) is 15.7 Å². The molecule has 7 nitrogen and oxygen atoms in total. The molecule has 0 saturated carbocycles. The van der Waals surface area contributed by atoms with Crippen LogP contribution in [0, 0.1) is 0 Å². The topological polar surface area (TPSA) is 92.7 Å². The zero-order chi connectivity index (χ0) is 18.4. The highest BCUT2D eigenvalue weighted by atomic mass is 35.5. The number of carbonyl (C=O) groups excluding carboxylic acids is 1. The van der Waals surface area contributed by atoms with Crippen LogP contribution >= 0.6 is 34.7 Å². The first-order valence-corrected chi connectivity index (χ1v) is 9.91. The molecule has 0 aliphatic carbocycles. The first-order valence-electron chi connectivity index (χ1n) is 7.73. The number of anilines is 2. The Balaban J connectivity index is 1.68. The van der Waals surface area contributed by atoms with Crippen molar-refractivity contribution in [1.29, 1.82) is 0 Å². The van der Waals surface area contributed by atoms with Crippen molar-refractivity contribution in [2.24, 2.45) is 0 Å². The van der Waals surface area contributed by atoms with Gasteiger partial charge in [0, 0.05) is 6.54 Å². The smallest absolute Gasteiger partial charge is 0.277 e. The number of hydrogen-bond donors (Lipinski definition) is 2. The lowest BCUT2D eigenvalue weighted by atomic mass is 10.2. The second-order valence-electron chi connectivity index (χ2n) is 4.99. The Labute approximate surface area is 163 Å². The summed E-state index contributed by atoms with van der Waals surface area (Å²) >= 11 is 8.94. The van der Waals surface area contributed by atoms with E-state index in [-0.39, 0.29) is 10.7 Å². The Bertz CT molecular complexity index is 889. The van der Waals surface area contributed by atoms with Crippen LogP contribution in [0.1, 0.15) is 23.0 Å². The second kappa shape index (κ2) is 8.93. The van der Waals surface area contributed by atoms with Crippen LogP contribution < -0.4 is 10.6 Å². The third-order valence-corrected chi connectivity index (χ3v) is 5.28. The van der Waals surface area contributed by atoms with E-state index in [9.17, 15) is 4.79 Å². The van der Waals surface area contributed by atoms with E-state index < -0.39 is 5.91 Å². The van der Waals surface area contributed by atoms with E-state index in [2.05, 4.69) is 30.8 Å². The van der Waals surface area contributed by atoms with Gasteiger partial charge in [0.05, 0.1) is 11.2 Å². The van der Waals surface area contributed by atoms with E-state index in [1.807, 2.05) is 37.3 Å². The predicted octanol–water partition coefficient (Wildman–Crippen LogP) is 3.96. The van der Waals surface area contributed by atoms with Gasteiger partial charge in [-0.1, -0.05) is 72.0 Å². The van der Waals surface area contributed by atoms with E-state index in [4.69, 9.17) is 11.6 Å². The molecule has 0 aliphatic heterocycles. The van der Waals surface area contributed by atoms with Gasteiger partial charge in [-0.25, -0.2) is 9.97 Å². The molecule has 0 saturated heterocycles. The Morgan fingerprint density at radius 2 is 2.08 bits per heavy atom. The van der Waals surface area contributed by atoms with Crippen LogP contribution in [-0.4, -0.2) is 31.8 Å². The van der Waals surface area contributed by atoms with E-state index in [0.29, 0.717) is 17.6 Å². The summed E-state index contributed by atoms with van der Waals surface area (Å²) in [5, 5.41) is 14.3. The molecule has 134 valence electrons. The van der Waals surface area contributed by atoms with Crippen molar-refractivity contribution in [2.75, 3.05) is 16.4 Å². The highest BCUT2D eigenvalue weighted by Gasteiger charge is 2.16. The molecule has 0 atom stereocenters. The molecule has 0 aliphatic rings. The average Bonchev–Trinajstić information content (AvgIpc) is 3.09. The molecule has 0 spiro atoms. The Hall–Kier alpha value is -2.23. The number of hydrogen-bond acceptors (Lipinski definition) is 8. The van der Waals surface area contributed by atoms with Crippen LogP contribution in [0.5, 0.6) is 0 Å². The van der Waals surface area contributed by atoms with Gasteiger partial charge < -0.3 is 5.32 Å². The van der Waals surface area contributed by atoms with Crippen LogP contribution in [0.4, 0.5) is 11.1 Å². The molecule has 0 unspecified atom stereocenters. The lowest BCUT2D eigenvalue weighted by Crippen LogP contribution is -2.16. The van der Waals surface area contributed by atoms with Crippen molar-refractivity contribution in [3.05, 3.63) is 52.8 Å². The van der Waals surface area contributed by atoms with Crippen LogP contribution in [0.3, 0.4) is 0 Å². The minimum absolute atomic E-state index is 0.0807. The van der Waals surface area contributed by atoms with E-state index in [1.54, 1.807) is 11.8 Å². The first kappa shape index (κ1) is 18.6. The van der Waals surface area contributed by atoms with E-state index >= 15 is 0 Å². The minimum atomic E-state index is -0.454. The van der Waals surface area contributed by atoms with Crippen molar-refractivity contribution >= 4 is 51.7 Å². The maximum Gasteiger partial charge on any atom is 0.277 e. The van der Waals surface area contributed by atoms with Crippen molar-refractivity contribution in [3.63, 3.8) is 0 Å². The van der Waals surface area contributed by atoms with E-state index in [1.165, 1.54) is 17.5 Å². The summed E-state index contributed by atoms with van der Waals surface area (Å²) in [6, 6.07) is 9.82. The minimum Gasteiger partial charge on any atom is -0.350 e. The fourth-order valence-electron chi connectivity index (χ4n) is 1.99. The standard InChI is InChI=1S/C16H15ClN6OS2/c1-2-25-16-23-22-15(26-16)21-13(24)12-11(17)9-19-14(20-12)18-8-10-6-4-3-5-7-10/h3-7,9H,2,8H2,1H3,(H,18,19,20)(H,21,22,24). The lowest BCUT2D eigenvalue weighted by molar-refractivity contribution is 0.102. The monoisotopic (exact) mass is 406 g/mol. The van der Waals surface area contributed by atoms with Gasteiger partial charge in [-0.15, -0.1) is 10.2 Å². The van der Waals surface area contributed by atoms with Crippen molar-refractivity contribution in [1.82, 2.24) is 20.2 Å². The molecule has 10 heteroatoms. The van der Waals surface area contributed by atoms with Gasteiger partial charge in [0.1, 0.15) is 0 Å². The van der Waals surface area contributed by atoms with Gasteiger partial charge in [-0.3, -0.25) is 10.1 Å². The molecule has 0 fully saturated rings. The quantitative estimate of drug-likeness (QED) is 0.453. The number of benzene rings is 1. The summed E-state index contributed by atoms with van der Waals surface area (Å²) in [6.07, 6.45) is 1.40. The number of aromatic nitrogens is 4. The molecule has 1 amide bonds. The lowest BCUT2D eigenvalue weighted by Gasteiger charge is -2.07. The van der Waals surface area contributed by atoms with Gasteiger partial charge in [-0.2, -0.15) is 0 Å². The fraction of sp³-hybridized carbons (Fsp3) is 0.188. The molecular weight excluding hydrogens is 392 g/mol. The molecule has 26 heavy (non-hydrogen) atoms. The van der Waals surface area contributed by atoms with Crippen molar-refractivity contribution < 1.29 is 4.79 Å². The van der Waals surface area contributed by atoms with Gasteiger partial charge in [0.2, 0.25) is 11.1 Å². The molecular formula is C16H15ClN6OS2. The van der Waals surface area contributed by atoms with Crippen LogP contribution in [-0.2, 0) is 6.54 Å². The number of carbonyl (C=O) groups is 1. The predicted molar refractivity (Wildman–Crippen MR) is 105 cm³/mol. The normalized spacial score (nSPS) is 10.5. The Morgan fingerprint density at radius 1 is 1.27 bits per heavy atom. The first-order chi connectivity index (χ1) is 12.7. The number of nitrogens with zero attached hydrogens (tertiary/aromatic N) is 4. The van der Waals surface area contributed by atoms with Crippen molar-refractivity contribution in [2.45, 2.75) is 17.8 Å². The summed E-state index contributed by atoms with van der Waals surface area (Å²) in [4.78, 5) is 20.8. The van der Waals surface area contributed by atoms with Crippen LogP contribution in [0.2, 0.25) is 5.02 Å². The third kappa shape index (κ3) is 4.90. The highest BCUT2D eigenvalue weighted by molar-refractivity contribution is 8.01. The Kier molecular flexibility index (Phi) is 6.37. The highest BCUT2D eigenvalue weighted by Crippen LogP contribution is 2.25. The zero-order valence-corrected chi connectivity index (χ0v) is 16.2. The van der Waals surface area contributed by atoms with Gasteiger partial charge in [0.25, 0.3) is 5.91 Å². The summed E-state index contributed by atoms with van der Waals surface area (Å²) in [7, 11) is 0. The van der Waals surface area contributed by atoms with Crippen molar-refractivity contribution in [3.8, 4) is 0 Å². The largest absolute Gasteiger partial charge is 0.350 e. The van der Waals surface area contributed by atoms with Gasteiger partial charge >= 0.3 is 0 Å². The molecule has 1 aromatic carbocycles. The fourth-order valence-corrected chi connectivity index (χ4v) is 3.81. The molecule has 2 heterocycles. The van der Waals surface area contributed by atoms with Gasteiger partial charge in [0.15, 0.2) is 10.0 Å². The second-order valence-corrected chi connectivity index (χ2v) is 7.89. The number of nitrogens with one attached hydrogen (secondary N) is 2. The molecule has 2 N–H and O–H groups in total. The number of amides is 1. The number of thioether (sulfide) groups is 1. The maximum atomic E-state index is 12.4. The zero-order valence-electron chi connectivity index (χ0n) is 13.8. The molecule has 0 radical (unpaired) electrons. The summed E-state index contributed by atoms with van der Waals surface area (Å²) in [6.45, 7) is 2.56. The van der Waals surface area contributed by atoms with Crippen LogP contribution in [0.15, 0.2) is 40.9 Å². The average molecular weight is 407 g/mol. The summed E-state index contributed by atoms with van der Waals surface area (Å²) < 4.78 is 0.793. The number of halogens is 1. The Morgan fingerprint density at radius 3 is 2.85 bits per heavy atom. The molecule has 2 aromatic heterocycles.